The van der Waals surface area contributed by atoms with Crippen LogP contribution in [0.3, 0.4) is 0 Å². The lowest BCUT2D eigenvalue weighted by atomic mass is 9.93. The molecule has 0 aromatic rings. The first kappa shape index (κ1) is 15.3. The van der Waals surface area contributed by atoms with Crippen molar-refractivity contribution in [3.05, 3.63) is 0 Å². The lowest BCUT2D eigenvalue weighted by molar-refractivity contribution is 0.118. The van der Waals surface area contributed by atoms with Gasteiger partial charge in [-0.1, -0.05) is 25.7 Å². The van der Waals surface area contributed by atoms with E-state index in [9.17, 15) is 0 Å². The van der Waals surface area contributed by atoms with Gasteiger partial charge in [-0.25, -0.2) is 0 Å². The first-order chi connectivity index (χ1) is 9.04. The van der Waals surface area contributed by atoms with Crippen LogP contribution < -0.4 is 5.32 Å². The normalized spacial score (nSPS) is 25.4. The fourth-order valence-electron chi connectivity index (χ4n) is 3.60. The summed E-state index contributed by atoms with van der Waals surface area (Å²) in [6, 6.07) is 0.916. The molecule has 1 aliphatic carbocycles. The number of piperidine rings is 1. The van der Waals surface area contributed by atoms with E-state index in [1.807, 2.05) is 0 Å². The highest BCUT2D eigenvalue weighted by Crippen LogP contribution is 2.26. The van der Waals surface area contributed by atoms with E-state index in [-0.39, 0.29) is 5.54 Å². The number of rotatable bonds is 3. The molecule has 0 radical (unpaired) electrons. The molecule has 0 atom stereocenters. The summed E-state index contributed by atoms with van der Waals surface area (Å²) in [7, 11) is 0. The maximum atomic E-state index is 3.68. The van der Waals surface area contributed by atoms with E-state index in [2.05, 4.69) is 31.0 Å². The van der Waals surface area contributed by atoms with Crippen molar-refractivity contribution in [2.75, 3.05) is 19.6 Å². The lowest BCUT2D eigenvalue weighted by Crippen LogP contribution is -2.45. The van der Waals surface area contributed by atoms with Gasteiger partial charge in [-0.2, -0.15) is 0 Å². The van der Waals surface area contributed by atoms with Gasteiger partial charge in [-0.3, -0.25) is 0 Å². The molecule has 19 heavy (non-hydrogen) atoms. The molecule has 0 amide bonds. The maximum absolute atomic E-state index is 3.68. The molecule has 2 rings (SSSR count). The van der Waals surface area contributed by atoms with Gasteiger partial charge in [-0.05, 0) is 72.0 Å². The van der Waals surface area contributed by atoms with Crippen LogP contribution in [0.5, 0.6) is 0 Å². The molecule has 1 N–H and O–H groups in total. The Kier molecular flexibility index (Phi) is 5.70. The van der Waals surface area contributed by atoms with Gasteiger partial charge in [0.05, 0.1) is 0 Å². The Morgan fingerprint density at radius 3 is 2.00 bits per heavy atom. The Labute approximate surface area is 120 Å². The fraction of sp³-hybridized carbons (Fsp3) is 1.00. The van der Waals surface area contributed by atoms with Gasteiger partial charge in [0, 0.05) is 11.6 Å². The molecule has 2 nitrogen and oxygen atoms in total. The number of nitrogens with one attached hydrogen (secondary N) is 1. The second-order valence-electron chi connectivity index (χ2n) is 7.76. The van der Waals surface area contributed by atoms with Crippen LogP contribution in [-0.2, 0) is 0 Å². The first-order valence-corrected chi connectivity index (χ1v) is 8.54. The Morgan fingerprint density at radius 2 is 1.47 bits per heavy atom. The predicted octanol–water partition coefficient (Wildman–Crippen LogP) is 3.81. The fourth-order valence-corrected chi connectivity index (χ4v) is 3.60. The third-order valence-corrected chi connectivity index (χ3v) is 4.91. The zero-order chi connectivity index (χ0) is 13.7. The van der Waals surface area contributed by atoms with Crippen LogP contribution >= 0.6 is 0 Å². The summed E-state index contributed by atoms with van der Waals surface area (Å²) in [6.07, 6.45) is 11.6. The molecule has 112 valence electrons. The summed E-state index contributed by atoms with van der Waals surface area (Å²) in [5.41, 5.74) is 0.276. The van der Waals surface area contributed by atoms with E-state index in [1.165, 1.54) is 71.0 Å². The zero-order valence-electron chi connectivity index (χ0n) is 13.4. The topological polar surface area (TPSA) is 15.3 Å². The Hall–Kier alpha value is -0.0800. The third kappa shape index (κ3) is 5.43. The van der Waals surface area contributed by atoms with Gasteiger partial charge in [-0.15, -0.1) is 0 Å². The number of hydrogen-bond donors (Lipinski definition) is 1. The first-order valence-electron chi connectivity index (χ1n) is 8.54. The standard InChI is InChI=1S/C17H34N2/c1-17(2,3)18-14-15-10-12-19(13-11-15)16-8-6-4-5-7-9-16/h15-16,18H,4-14H2,1-3H3. The van der Waals surface area contributed by atoms with Crippen LogP contribution in [-0.4, -0.2) is 36.1 Å². The van der Waals surface area contributed by atoms with Crippen molar-refractivity contribution in [1.82, 2.24) is 10.2 Å². The van der Waals surface area contributed by atoms with Crippen molar-refractivity contribution in [1.29, 1.82) is 0 Å². The van der Waals surface area contributed by atoms with Crippen LogP contribution in [0.1, 0.15) is 72.1 Å². The highest BCUT2D eigenvalue weighted by atomic mass is 15.2. The molecule has 0 aromatic carbocycles. The van der Waals surface area contributed by atoms with E-state index in [0.29, 0.717) is 0 Å². The van der Waals surface area contributed by atoms with E-state index >= 15 is 0 Å². The van der Waals surface area contributed by atoms with Crippen molar-refractivity contribution in [2.45, 2.75) is 83.7 Å². The smallest absolute Gasteiger partial charge is 0.00966 e. The van der Waals surface area contributed by atoms with Crippen LogP contribution in [0, 0.1) is 5.92 Å². The van der Waals surface area contributed by atoms with E-state index in [0.717, 1.165) is 12.0 Å². The molecule has 0 unspecified atom stereocenters. The molecule has 2 heteroatoms. The average Bonchev–Trinajstić information content (AvgIpc) is 2.65. The van der Waals surface area contributed by atoms with Crippen molar-refractivity contribution in [2.24, 2.45) is 5.92 Å². The maximum Gasteiger partial charge on any atom is 0.00966 e. The van der Waals surface area contributed by atoms with Gasteiger partial charge < -0.3 is 10.2 Å². The van der Waals surface area contributed by atoms with Crippen LogP contribution in [0.15, 0.2) is 0 Å². The lowest BCUT2D eigenvalue weighted by Gasteiger charge is -2.38. The van der Waals surface area contributed by atoms with Crippen molar-refractivity contribution >= 4 is 0 Å². The molecule has 1 saturated carbocycles. The monoisotopic (exact) mass is 266 g/mol. The van der Waals surface area contributed by atoms with Crippen molar-refractivity contribution < 1.29 is 0 Å². The highest BCUT2D eigenvalue weighted by molar-refractivity contribution is 4.82. The Balaban J connectivity index is 1.69. The minimum atomic E-state index is 0.276. The largest absolute Gasteiger partial charge is 0.312 e. The number of likely N-dealkylation sites (tertiary alicyclic amines) is 1. The molecule has 1 aliphatic heterocycles. The summed E-state index contributed by atoms with van der Waals surface area (Å²) < 4.78 is 0. The minimum absolute atomic E-state index is 0.276. The summed E-state index contributed by atoms with van der Waals surface area (Å²) in [4.78, 5) is 2.80. The predicted molar refractivity (Wildman–Crippen MR) is 83.5 cm³/mol. The quantitative estimate of drug-likeness (QED) is 0.782. The Bertz CT molecular complexity index is 240. The Morgan fingerprint density at radius 1 is 0.895 bits per heavy atom. The summed E-state index contributed by atoms with van der Waals surface area (Å²) in [5, 5.41) is 3.68. The summed E-state index contributed by atoms with van der Waals surface area (Å²) >= 11 is 0. The molecule has 0 bridgehead atoms. The van der Waals surface area contributed by atoms with Crippen molar-refractivity contribution in [3.63, 3.8) is 0 Å². The van der Waals surface area contributed by atoms with E-state index < -0.39 is 0 Å². The van der Waals surface area contributed by atoms with Crippen molar-refractivity contribution in [3.8, 4) is 0 Å². The van der Waals surface area contributed by atoms with Gasteiger partial charge in [0.1, 0.15) is 0 Å². The highest BCUT2D eigenvalue weighted by Gasteiger charge is 2.26. The summed E-state index contributed by atoms with van der Waals surface area (Å²) in [5.74, 6) is 0.904. The average molecular weight is 266 g/mol. The second kappa shape index (κ2) is 7.08. The zero-order valence-corrected chi connectivity index (χ0v) is 13.4. The number of nitrogens with zero attached hydrogens (tertiary/aromatic N) is 1. The van der Waals surface area contributed by atoms with Crippen LogP contribution in [0.4, 0.5) is 0 Å². The molecule has 2 fully saturated rings. The van der Waals surface area contributed by atoms with Gasteiger partial charge >= 0.3 is 0 Å². The SMILES string of the molecule is CC(C)(C)NCC1CCN(C2CCCCCC2)CC1. The minimum Gasteiger partial charge on any atom is -0.312 e. The van der Waals surface area contributed by atoms with E-state index in [1.54, 1.807) is 0 Å². The van der Waals surface area contributed by atoms with Crippen LogP contribution in [0.25, 0.3) is 0 Å². The molecule has 1 saturated heterocycles. The van der Waals surface area contributed by atoms with Gasteiger partial charge in [0.2, 0.25) is 0 Å². The molecular formula is C17H34N2. The second-order valence-corrected chi connectivity index (χ2v) is 7.76. The van der Waals surface area contributed by atoms with E-state index in [4.69, 9.17) is 0 Å². The molecule has 0 aromatic heterocycles. The van der Waals surface area contributed by atoms with Crippen LogP contribution in [0.2, 0.25) is 0 Å². The van der Waals surface area contributed by atoms with Gasteiger partial charge in [0.15, 0.2) is 0 Å². The molecule has 2 aliphatic rings. The third-order valence-electron chi connectivity index (χ3n) is 4.91. The molecular weight excluding hydrogens is 232 g/mol. The number of hydrogen-bond acceptors (Lipinski definition) is 2. The van der Waals surface area contributed by atoms with Gasteiger partial charge in [0.25, 0.3) is 0 Å². The molecule has 1 heterocycles. The summed E-state index contributed by atoms with van der Waals surface area (Å²) in [6.45, 7) is 10.7. The molecule has 0 spiro atoms.